The number of aromatic nitrogens is 1. The highest BCUT2D eigenvalue weighted by Crippen LogP contribution is 2.28. The first-order valence-electron chi connectivity index (χ1n) is 9.51. The van der Waals surface area contributed by atoms with E-state index in [2.05, 4.69) is 41.7 Å². The summed E-state index contributed by atoms with van der Waals surface area (Å²) < 4.78 is 2.04. The third-order valence-corrected chi connectivity index (χ3v) is 6.18. The largest absolute Gasteiger partial charge is 0.316 e. The van der Waals surface area contributed by atoms with E-state index in [0.717, 1.165) is 27.5 Å². The molecule has 1 N–H and O–H groups in total. The van der Waals surface area contributed by atoms with Gasteiger partial charge in [-0.25, -0.2) is 5.43 Å². The van der Waals surface area contributed by atoms with Gasteiger partial charge in [0.2, 0.25) is 5.91 Å². The van der Waals surface area contributed by atoms with E-state index in [1.807, 2.05) is 36.6 Å². The molecular weight excluding hydrogens is 437 g/mol. The summed E-state index contributed by atoms with van der Waals surface area (Å²) in [4.78, 5) is 13.2. The fourth-order valence-electron chi connectivity index (χ4n) is 3.08. The molecule has 0 aliphatic heterocycles. The second kappa shape index (κ2) is 10.2. The van der Waals surface area contributed by atoms with Crippen molar-refractivity contribution in [3.63, 3.8) is 0 Å². The maximum Gasteiger partial charge on any atom is 0.240 e. The smallest absolute Gasteiger partial charge is 0.240 e. The van der Waals surface area contributed by atoms with Crippen LogP contribution in [0.15, 0.2) is 58.5 Å². The first kappa shape index (κ1) is 22.5. The van der Waals surface area contributed by atoms with Gasteiger partial charge in [0.15, 0.2) is 0 Å². The second-order valence-electron chi connectivity index (χ2n) is 6.96. The van der Waals surface area contributed by atoms with Crippen LogP contribution in [-0.4, -0.2) is 22.4 Å². The van der Waals surface area contributed by atoms with E-state index in [1.165, 1.54) is 5.56 Å². The van der Waals surface area contributed by atoms with Crippen molar-refractivity contribution in [2.24, 2.45) is 5.10 Å². The molecule has 30 heavy (non-hydrogen) atoms. The number of aryl methyl sites for hydroxylation is 2. The lowest BCUT2D eigenvalue weighted by atomic mass is 10.2. The highest BCUT2D eigenvalue weighted by atomic mass is 35.5. The topological polar surface area (TPSA) is 46.4 Å². The van der Waals surface area contributed by atoms with E-state index in [9.17, 15) is 4.79 Å². The van der Waals surface area contributed by atoms with Crippen molar-refractivity contribution in [1.29, 1.82) is 0 Å². The number of carbonyl (C=O) groups excluding carboxylic acids is 1. The number of thioether (sulfide) groups is 1. The van der Waals surface area contributed by atoms with Crippen molar-refractivity contribution < 1.29 is 4.79 Å². The molecule has 0 unspecified atom stereocenters. The van der Waals surface area contributed by atoms with Gasteiger partial charge in [0.25, 0.3) is 0 Å². The zero-order valence-corrected chi connectivity index (χ0v) is 19.4. The summed E-state index contributed by atoms with van der Waals surface area (Å²) in [6.45, 7) is 6.04. The standard InChI is InChI=1S/C23H23Cl2N3OS/c1-15-4-7-20(8-5-15)30-11-10-23(29)27-26-14-18-12-16(2)28(17(18)3)22-9-6-19(24)13-21(22)25/h4-9,12-14H,10-11H2,1-3H3,(H,27,29)/b26-14-. The molecule has 7 heteroatoms. The Bertz CT molecular complexity index is 1070. The zero-order chi connectivity index (χ0) is 21.7. The molecule has 0 atom stereocenters. The fraction of sp³-hybridized carbons (Fsp3) is 0.217. The molecule has 0 saturated heterocycles. The number of rotatable bonds is 7. The lowest BCUT2D eigenvalue weighted by Gasteiger charge is -2.11. The molecule has 1 aromatic heterocycles. The van der Waals surface area contributed by atoms with Gasteiger partial charge in [-0.05, 0) is 57.2 Å². The molecular formula is C23H23Cl2N3OS. The molecule has 3 rings (SSSR count). The van der Waals surface area contributed by atoms with Gasteiger partial charge < -0.3 is 4.57 Å². The molecule has 0 spiro atoms. The predicted octanol–water partition coefficient (Wildman–Crippen LogP) is 6.34. The average molecular weight is 460 g/mol. The Kier molecular flexibility index (Phi) is 7.64. The van der Waals surface area contributed by atoms with Crippen LogP contribution >= 0.6 is 35.0 Å². The summed E-state index contributed by atoms with van der Waals surface area (Å²) in [6.07, 6.45) is 2.06. The van der Waals surface area contributed by atoms with Crippen LogP contribution in [0.4, 0.5) is 0 Å². The van der Waals surface area contributed by atoms with Gasteiger partial charge in [-0.1, -0.05) is 40.9 Å². The molecule has 3 aromatic rings. The lowest BCUT2D eigenvalue weighted by molar-refractivity contribution is -0.120. The van der Waals surface area contributed by atoms with E-state index < -0.39 is 0 Å². The predicted molar refractivity (Wildman–Crippen MR) is 128 cm³/mol. The number of carbonyl (C=O) groups is 1. The fourth-order valence-corrected chi connectivity index (χ4v) is 4.42. The molecule has 2 aromatic carbocycles. The summed E-state index contributed by atoms with van der Waals surface area (Å²) in [7, 11) is 0. The van der Waals surface area contributed by atoms with Gasteiger partial charge in [-0.15, -0.1) is 11.8 Å². The number of hydrazone groups is 1. The van der Waals surface area contributed by atoms with Crippen molar-refractivity contribution in [2.75, 3.05) is 5.75 Å². The van der Waals surface area contributed by atoms with Crippen LogP contribution in [0, 0.1) is 20.8 Å². The molecule has 0 aliphatic carbocycles. The third-order valence-electron chi connectivity index (χ3n) is 4.63. The summed E-state index contributed by atoms with van der Waals surface area (Å²) in [5, 5.41) is 5.29. The molecule has 0 aliphatic rings. The van der Waals surface area contributed by atoms with Crippen molar-refractivity contribution in [1.82, 2.24) is 9.99 Å². The number of benzene rings is 2. The Morgan fingerprint density at radius 3 is 2.53 bits per heavy atom. The van der Waals surface area contributed by atoms with Crippen LogP contribution in [0.1, 0.15) is 28.9 Å². The number of hydrogen-bond donors (Lipinski definition) is 1. The van der Waals surface area contributed by atoms with Crippen molar-refractivity contribution in [3.05, 3.63) is 81.1 Å². The van der Waals surface area contributed by atoms with Gasteiger partial charge in [0.05, 0.1) is 16.9 Å². The molecule has 156 valence electrons. The van der Waals surface area contributed by atoms with Crippen LogP contribution in [0.3, 0.4) is 0 Å². The van der Waals surface area contributed by atoms with Crippen LogP contribution in [0.5, 0.6) is 0 Å². The van der Waals surface area contributed by atoms with E-state index >= 15 is 0 Å². The maximum absolute atomic E-state index is 12.1. The molecule has 1 amide bonds. The van der Waals surface area contributed by atoms with Crippen molar-refractivity contribution in [3.8, 4) is 5.69 Å². The molecule has 4 nitrogen and oxygen atoms in total. The Morgan fingerprint density at radius 1 is 1.10 bits per heavy atom. The van der Waals surface area contributed by atoms with E-state index in [-0.39, 0.29) is 5.91 Å². The van der Waals surface area contributed by atoms with Crippen LogP contribution in [0.25, 0.3) is 5.69 Å². The first-order valence-corrected chi connectivity index (χ1v) is 11.2. The molecule has 0 bridgehead atoms. The number of nitrogens with one attached hydrogen (secondary N) is 1. The Balaban J connectivity index is 1.58. The first-order chi connectivity index (χ1) is 14.3. The highest BCUT2D eigenvalue weighted by molar-refractivity contribution is 7.99. The zero-order valence-electron chi connectivity index (χ0n) is 17.1. The van der Waals surface area contributed by atoms with Gasteiger partial charge in [0, 0.05) is 39.0 Å². The van der Waals surface area contributed by atoms with Crippen LogP contribution < -0.4 is 5.43 Å². The van der Waals surface area contributed by atoms with Crippen molar-refractivity contribution >= 4 is 47.1 Å². The quantitative estimate of drug-likeness (QED) is 0.254. The second-order valence-corrected chi connectivity index (χ2v) is 8.97. The normalized spacial score (nSPS) is 11.2. The minimum atomic E-state index is -0.111. The number of halogens is 2. The molecule has 0 saturated carbocycles. The molecule has 0 radical (unpaired) electrons. The van der Waals surface area contributed by atoms with Gasteiger partial charge in [-0.3, -0.25) is 4.79 Å². The third kappa shape index (κ3) is 5.69. The van der Waals surface area contributed by atoms with E-state index in [4.69, 9.17) is 23.2 Å². The summed E-state index contributed by atoms with van der Waals surface area (Å²) in [5.41, 5.74) is 7.59. The van der Waals surface area contributed by atoms with Gasteiger partial charge >= 0.3 is 0 Å². The Morgan fingerprint density at radius 2 is 1.83 bits per heavy atom. The Labute approximate surface area is 191 Å². The van der Waals surface area contributed by atoms with E-state index in [1.54, 1.807) is 24.0 Å². The summed E-state index contributed by atoms with van der Waals surface area (Å²) in [5.74, 6) is 0.592. The average Bonchev–Trinajstić information content (AvgIpc) is 2.97. The Hall–Kier alpha value is -2.21. The minimum Gasteiger partial charge on any atom is -0.316 e. The minimum absolute atomic E-state index is 0.111. The van der Waals surface area contributed by atoms with Crippen LogP contribution in [0.2, 0.25) is 10.0 Å². The monoisotopic (exact) mass is 459 g/mol. The van der Waals surface area contributed by atoms with Crippen molar-refractivity contribution in [2.45, 2.75) is 32.1 Å². The number of amides is 1. The van der Waals surface area contributed by atoms with Gasteiger partial charge in [-0.2, -0.15) is 5.10 Å². The van der Waals surface area contributed by atoms with Crippen LogP contribution in [-0.2, 0) is 4.79 Å². The lowest BCUT2D eigenvalue weighted by Crippen LogP contribution is -2.17. The number of hydrogen-bond acceptors (Lipinski definition) is 3. The maximum atomic E-state index is 12.1. The number of nitrogens with zero attached hydrogens (tertiary/aromatic N) is 2. The van der Waals surface area contributed by atoms with E-state index in [0.29, 0.717) is 22.2 Å². The highest BCUT2D eigenvalue weighted by Gasteiger charge is 2.12. The molecule has 1 heterocycles. The molecule has 0 fully saturated rings. The van der Waals surface area contributed by atoms with Gasteiger partial charge in [0.1, 0.15) is 0 Å². The summed E-state index contributed by atoms with van der Waals surface area (Å²) in [6, 6.07) is 15.7. The summed E-state index contributed by atoms with van der Waals surface area (Å²) >= 11 is 14.0. The SMILES string of the molecule is Cc1ccc(SCCC(=O)N/N=C\c2cc(C)n(-c3ccc(Cl)cc3Cl)c2C)cc1.